The fraction of sp³-hybridized carbons (Fsp3) is 0.250. The maximum absolute atomic E-state index is 13.9. The van der Waals surface area contributed by atoms with Crippen LogP contribution in [0.5, 0.6) is 0 Å². The molecule has 0 aliphatic carbocycles. The lowest BCUT2D eigenvalue weighted by atomic mass is 9.74. The summed E-state index contributed by atoms with van der Waals surface area (Å²) in [5.41, 5.74) is 6.98. The van der Waals surface area contributed by atoms with Crippen LogP contribution in [0.4, 0.5) is 11.4 Å². The summed E-state index contributed by atoms with van der Waals surface area (Å²) >= 11 is 0. The lowest BCUT2D eigenvalue weighted by molar-refractivity contribution is -0.132. The second-order valence-electron chi connectivity index (χ2n) is 16.2. The first-order chi connectivity index (χ1) is 26.1. The van der Waals surface area contributed by atoms with Gasteiger partial charge in [0.05, 0.1) is 13.1 Å². The Bertz CT molecular complexity index is 2150. The van der Waals surface area contributed by atoms with Crippen LogP contribution in [0.1, 0.15) is 61.1 Å². The maximum Gasteiger partial charge on any atom is 0.244 e. The van der Waals surface area contributed by atoms with Gasteiger partial charge in [0, 0.05) is 35.3 Å². The van der Waals surface area contributed by atoms with E-state index in [0.29, 0.717) is 26.2 Å². The normalized spacial score (nSPS) is 23.4. The highest BCUT2D eigenvalue weighted by Crippen LogP contribution is 2.58. The molecule has 2 fully saturated rings. The minimum absolute atomic E-state index is 0.128. The molecule has 0 spiro atoms. The average molecular weight is 711 g/mol. The first-order valence-corrected chi connectivity index (χ1v) is 19.0. The molecule has 2 unspecified atom stereocenters. The summed E-state index contributed by atoms with van der Waals surface area (Å²) in [6.07, 6.45) is 8.87. The minimum Gasteiger partial charge on any atom is -0.335 e. The van der Waals surface area contributed by atoms with Gasteiger partial charge in [-0.25, -0.2) is 0 Å². The van der Waals surface area contributed by atoms with Crippen molar-refractivity contribution < 1.29 is 9.59 Å². The van der Waals surface area contributed by atoms with Crippen LogP contribution >= 0.6 is 0 Å². The first-order valence-electron chi connectivity index (χ1n) is 19.0. The van der Waals surface area contributed by atoms with E-state index in [0.717, 1.165) is 33.6 Å². The van der Waals surface area contributed by atoms with Gasteiger partial charge in [-0.3, -0.25) is 9.59 Å². The summed E-state index contributed by atoms with van der Waals surface area (Å²) in [7, 11) is 0. The Kier molecular flexibility index (Phi) is 7.75. The molecule has 4 aliphatic heterocycles. The Balaban J connectivity index is 1.06. The first kappa shape index (κ1) is 33.9. The zero-order valence-corrected chi connectivity index (χ0v) is 31.4. The quantitative estimate of drug-likeness (QED) is 0.162. The van der Waals surface area contributed by atoms with Gasteiger partial charge in [-0.1, -0.05) is 161 Å². The van der Waals surface area contributed by atoms with Crippen molar-refractivity contribution in [3.8, 4) is 0 Å². The fourth-order valence-electron chi connectivity index (χ4n) is 9.98. The summed E-state index contributed by atoms with van der Waals surface area (Å²) < 4.78 is 0. The molecule has 5 aromatic rings. The van der Waals surface area contributed by atoms with Crippen molar-refractivity contribution in [2.24, 2.45) is 0 Å². The largest absolute Gasteiger partial charge is 0.335 e. The molecule has 0 N–H and O–H groups in total. The summed E-state index contributed by atoms with van der Waals surface area (Å²) in [6.45, 7) is 10.8. The highest BCUT2D eigenvalue weighted by Gasteiger charge is 2.65. The molecular weight excluding hydrogens is 665 g/mol. The van der Waals surface area contributed by atoms with Gasteiger partial charge in [-0.05, 0) is 57.7 Å². The van der Waals surface area contributed by atoms with E-state index in [-0.39, 0.29) is 22.6 Å². The number of hydrogen-bond donors (Lipinski definition) is 0. The van der Waals surface area contributed by atoms with Gasteiger partial charge in [-0.2, -0.15) is 0 Å². The number of benzene rings is 5. The lowest BCUT2D eigenvalue weighted by Crippen LogP contribution is -2.60. The summed E-state index contributed by atoms with van der Waals surface area (Å²) in [6, 6.07) is 46.2. The third kappa shape index (κ3) is 4.78. The minimum atomic E-state index is -0.676. The number of rotatable bonds is 8. The van der Waals surface area contributed by atoms with Crippen LogP contribution < -0.4 is 9.80 Å². The van der Waals surface area contributed by atoms with E-state index in [9.17, 15) is 9.59 Å². The molecule has 6 heteroatoms. The van der Waals surface area contributed by atoms with Crippen LogP contribution in [-0.2, 0) is 33.5 Å². The summed E-state index contributed by atoms with van der Waals surface area (Å²) in [4.78, 5) is 36.5. The summed E-state index contributed by atoms with van der Waals surface area (Å²) in [5, 5.41) is 0. The van der Waals surface area contributed by atoms with Crippen LogP contribution in [0, 0.1) is 0 Å². The molecule has 5 aromatic carbocycles. The number of anilines is 2. The molecule has 54 heavy (non-hydrogen) atoms. The smallest absolute Gasteiger partial charge is 0.244 e. The molecule has 9 rings (SSSR count). The third-order valence-corrected chi connectivity index (χ3v) is 12.7. The predicted molar refractivity (Wildman–Crippen MR) is 218 cm³/mol. The lowest BCUT2D eigenvalue weighted by Gasteiger charge is -2.47. The van der Waals surface area contributed by atoms with E-state index in [1.165, 1.54) is 11.1 Å². The van der Waals surface area contributed by atoms with Crippen molar-refractivity contribution in [2.75, 3.05) is 22.9 Å². The highest BCUT2D eigenvalue weighted by molar-refractivity contribution is 5.93. The van der Waals surface area contributed by atoms with Crippen LogP contribution in [0.15, 0.2) is 146 Å². The molecule has 2 saturated heterocycles. The monoisotopic (exact) mass is 710 g/mol. The Morgan fingerprint density at radius 2 is 0.833 bits per heavy atom. The van der Waals surface area contributed by atoms with Gasteiger partial charge >= 0.3 is 0 Å². The number of amides is 2. The number of nitrogens with zero attached hydrogens (tertiary/aromatic N) is 4. The van der Waals surface area contributed by atoms with E-state index in [1.807, 2.05) is 36.4 Å². The molecule has 4 heterocycles. The molecule has 0 bridgehead atoms. The van der Waals surface area contributed by atoms with Gasteiger partial charge in [0.1, 0.15) is 11.3 Å². The van der Waals surface area contributed by atoms with Crippen LogP contribution in [0.25, 0.3) is 12.2 Å². The van der Waals surface area contributed by atoms with E-state index in [2.05, 4.69) is 169 Å². The Labute approximate surface area is 318 Å². The number of carbonyl (C=O) groups is 2. The Hall–Kier alpha value is -5.88. The maximum atomic E-state index is 13.9. The van der Waals surface area contributed by atoms with Crippen LogP contribution in [0.3, 0.4) is 0 Å². The molecule has 0 aromatic heterocycles. The van der Waals surface area contributed by atoms with E-state index in [1.54, 1.807) is 0 Å². The SMILES string of the molecule is CC1(C)c2ccccc2N2CC(=O)N(Cc3ccccc3)C21C=Cc1ccc(C=CC23N(Cc4ccccc4)C(=O)CN2c2ccccc2C3(C)C)cc1. The van der Waals surface area contributed by atoms with Gasteiger partial charge in [0.25, 0.3) is 0 Å². The zero-order valence-electron chi connectivity index (χ0n) is 31.4. The van der Waals surface area contributed by atoms with Gasteiger partial charge in [0.2, 0.25) is 11.8 Å². The van der Waals surface area contributed by atoms with E-state index in [4.69, 9.17) is 0 Å². The van der Waals surface area contributed by atoms with Gasteiger partial charge in [-0.15, -0.1) is 0 Å². The number of hydrogen-bond acceptors (Lipinski definition) is 4. The third-order valence-electron chi connectivity index (χ3n) is 12.7. The fourth-order valence-corrected chi connectivity index (χ4v) is 9.98. The topological polar surface area (TPSA) is 47.1 Å². The number of carbonyl (C=O) groups excluding carboxylic acids is 2. The van der Waals surface area contributed by atoms with Gasteiger partial charge < -0.3 is 19.6 Å². The second kappa shape index (κ2) is 12.3. The number of fused-ring (bicyclic) bond motifs is 6. The van der Waals surface area contributed by atoms with Crippen LogP contribution in [-0.4, -0.2) is 46.0 Å². The molecule has 270 valence electrons. The molecule has 2 amide bonds. The molecule has 0 saturated carbocycles. The molecule has 4 aliphatic rings. The second-order valence-corrected chi connectivity index (χ2v) is 16.2. The Morgan fingerprint density at radius 3 is 1.22 bits per heavy atom. The van der Waals surface area contributed by atoms with E-state index >= 15 is 0 Å². The average Bonchev–Trinajstić information content (AvgIpc) is 3.77. The highest BCUT2D eigenvalue weighted by atomic mass is 16.2. The van der Waals surface area contributed by atoms with Crippen molar-refractivity contribution in [3.05, 3.63) is 179 Å². The van der Waals surface area contributed by atoms with Crippen molar-refractivity contribution in [1.82, 2.24) is 9.80 Å². The number of para-hydroxylation sites is 2. The molecule has 0 radical (unpaired) electrons. The van der Waals surface area contributed by atoms with Crippen molar-refractivity contribution in [2.45, 2.75) is 62.9 Å². The molecular formula is C48H46N4O2. The molecule has 2 atom stereocenters. The summed E-state index contributed by atoms with van der Waals surface area (Å²) in [5.74, 6) is 0.257. The van der Waals surface area contributed by atoms with Crippen molar-refractivity contribution >= 4 is 35.3 Å². The predicted octanol–water partition coefficient (Wildman–Crippen LogP) is 8.79. The molecule has 6 nitrogen and oxygen atoms in total. The zero-order chi connectivity index (χ0) is 37.3. The van der Waals surface area contributed by atoms with Crippen molar-refractivity contribution in [1.29, 1.82) is 0 Å². The van der Waals surface area contributed by atoms with Crippen molar-refractivity contribution in [3.63, 3.8) is 0 Å². The van der Waals surface area contributed by atoms with Gasteiger partial charge in [0.15, 0.2) is 0 Å². The standard InChI is InChI=1S/C48H46N4O2/c1-45(2)39-19-11-13-21-41(39)49-33-43(53)51(31-37-15-7-5-8-16-37)47(45,49)29-27-35-23-25-36(26-24-35)28-30-48-46(3,4)40-20-12-14-22-42(40)50(48)34-44(54)52(48)32-38-17-9-6-10-18-38/h5-30H,31-34H2,1-4H3. The van der Waals surface area contributed by atoms with Crippen LogP contribution in [0.2, 0.25) is 0 Å². The van der Waals surface area contributed by atoms with E-state index < -0.39 is 11.3 Å². The Morgan fingerprint density at radius 1 is 0.481 bits per heavy atom.